The van der Waals surface area contributed by atoms with Crippen molar-refractivity contribution in [2.24, 2.45) is 0 Å². The van der Waals surface area contributed by atoms with E-state index in [1.54, 1.807) is 0 Å². The normalized spacial score (nSPS) is 24.6. The largest absolute Gasteiger partial charge is 0.487 e. The van der Waals surface area contributed by atoms with Gasteiger partial charge in [-0.2, -0.15) is 0 Å². The summed E-state index contributed by atoms with van der Waals surface area (Å²) >= 11 is 0. The van der Waals surface area contributed by atoms with Crippen molar-refractivity contribution in [3.63, 3.8) is 0 Å². The molecule has 16 heavy (non-hydrogen) atoms. The molecule has 2 aliphatic heterocycles. The van der Waals surface area contributed by atoms with Crippen LogP contribution in [0.5, 0.6) is 5.75 Å². The molecule has 0 saturated carbocycles. The fraction of sp³-hybridized carbons (Fsp3) is 0.583. The third-order valence-electron chi connectivity index (χ3n) is 3.36. The molecule has 0 aliphatic carbocycles. The number of hydrogen-bond donors (Lipinski definition) is 0. The summed E-state index contributed by atoms with van der Waals surface area (Å²) in [6, 6.07) is 2.54. The second-order valence-corrected chi connectivity index (χ2v) is 4.75. The van der Waals surface area contributed by atoms with E-state index >= 15 is 0 Å². The van der Waals surface area contributed by atoms with Crippen LogP contribution in [0.25, 0.3) is 0 Å². The summed E-state index contributed by atoms with van der Waals surface area (Å²) in [5.74, 6) is 1.97. The Morgan fingerprint density at radius 2 is 2.31 bits per heavy atom. The number of ether oxygens (including phenoxy) is 1. The van der Waals surface area contributed by atoms with Gasteiger partial charge in [0.1, 0.15) is 6.61 Å². The second-order valence-electron chi connectivity index (χ2n) is 4.75. The van der Waals surface area contributed by atoms with Crippen molar-refractivity contribution in [1.29, 1.82) is 0 Å². The molecule has 1 atom stereocenters. The number of pyridine rings is 1. The molecule has 3 heterocycles. The molecule has 0 unspecified atom stereocenters. The highest BCUT2D eigenvalue weighted by atomic mass is 16.5. The summed E-state index contributed by atoms with van der Waals surface area (Å²) in [5.41, 5.74) is 1.16. The summed E-state index contributed by atoms with van der Waals surface area (Å²) in [6.07, 6.45) is 1.92. The standard InChI is InChI=1S/C12H17N3O/c1-9-5-11-12(13-6-9)15-4-3-14(2)7-10(15)8-16-11/h5-6,10H,3-4,7-8H2,1-2H3/t10-/m0/s1. The van der Waals surface area contributed by atoms with Gasteiger partial charge in [0, 0.05) is 25.8 Å². The van der Waals surface area contributed by atoms with Gasteiger partial charge in [0.15, 0.2) is 11.6 Å². The van der Waals surface area contributed by atoms with Gasteiger partial charge in [-0.1, -0.05) is 0 Å². The number of piperazine rings is 1. The third-order valence-corrected chi connectivity index (χ3v) is 3.36. The molecule has 0 amide bonds. The predicted octanol–water partition coefficient (Wildman–Crippen LogP) is 0.903. The molecule has 0 aromatic carbocycles. The molecule has 1 aromatic heterocycles. The number of fused-ring (bicyclic) bond motifs is 3. The number of rotatable bonds is 0. The average molecular weight is 219 g/mol. The number of aromatic nitrogens is 1. The smallest absolute Gasteiger partial charge is 0.171 e. The third kappa shape index (κ3) is 1.53. The molecular weight excluding hydrogens is 202 g/mol. The Morgan fingerprint density at radius 1 is 1.44 bits per heavy atom. The van der Waals surface area contributed by atoms with E-state index in [2.05, 4.69) is 27.9 Å². The van der Waals surface area contributed by atoms with Gasteiger partial charge in [-0.15, -0.1) is 0 Å². The first-order valence-electron chi connectivity index (χ1n) is 5.78. The van der Waals surface area contributed by atoms with E-state index in [1.165, 1.54) is 0 Å². The van der Waals surface area contributed by atoms with Crippen LogP contribution in [-0.4, -0.2) is 49.2 Å². The maximum Gasteiger partial charge on any atom is 0.171 e. The van der Waals surface area contributed by atoms with Crippen LogP contribution in [0.15, 0.2) is 12.3 Å². The van der Waals surface area contributed by atoms with E-state index in [9.17, 15) is 0 Å². The van der Waals surface area contributed by atoms with Gasteiger partial charge in [0.2, 0.25) is 0 Å². The van der Waals surface area contributed by atoms with E-state index in [1.807, 2.05) is 13.1 Å². The van der Waals surface area contributed by atoms with Gasteiger partial charge < -0.3 is 14.5 Å². The quantitative estimate of drug-likeness (QED) is 0.648. The number of aryl methyl sites for hydroxylation is 1. The lowest BCUT2D eigenvalue weighted by molar-refractivity contribution is 0.186. The Hall–Kier alpha value is -1.29. The average Bonchev–Trinajstić information content (AvgIpc) is 2.28. The summed E-state index contributed by atoms with van der Waals surface area (Å²) < 4.78 is 5.79. The molecule has 0 spiro atoms. The van der Waals surface area contributed by atoms with E-state index in [0.717, 1.165) is 43.4 Å². The van der Waals surface area contributed by atoms with Crippen molar-refractivity contribution < 1.29 is 4.74 Å². The minimum atomic E-state index is 0.460. The van der Waals surface area contributed by atoms with Crippen molar-refractivity contribution in [2.75, 3.05) is 38.2 Å². The van der Waals surface area contributed by atoms with Gasteiger partial charge in [-0.05, 0) is 25.6 Å². The SMILES string of the molecule is Cc1cnc2c(c1)OC[C@@H]1CN(C)CCN21. The molecule has 0 bridgehead atoms. The molecule has 1 fully saturated rings. The highest BCUT2D eigenvalue weighted by Crippen LogP contribution is 2.33. The molecule has 2 aliphatic rings. The molecule has 0 radical (unpaired) electrons. The molecular formula is C12H17N3O. The zero-order valence-corrected chi connectivity index (χ0v) is 9.81. The van der Waals surface area contributed by atoms with E-state index in [4.69, 9.17) is 4.74 Å². The fourth-order valence-corrected chi connectivity index (χ4v) is 2.48. The lowest BCUT2D eigenvalue weighted by Gasteiger charge is -2.43. The van der Waals surface area contributed by atoms with Crippen LogP contribution in [0.1, 0.15) is 5.56 Å². The van der Waals surface area contributed by atoms with E-state index in [-0.39, 0.29) is 0 Å². The van der Waals surface area contributed by atoms with Gasteiger partial charge in [0.05, 0.1) is 6.04 Å². The van der Waals surface area contributed by atoms with Crippen LogP contribution in [0.2, 0.25) is 0 Å². The minimum Gasteiger partial charge on any atom is -0.487 e. The Labute approximate surface area is 95.8 Å². The highest BCUT2D eigenvalue weighted by molar-refractivity contribution is 5.56. The van der Waals surface area contributed by atoms with Crippen LogP contribution in [0.4, 0.5) is 5.82 Å². The minimum absolute atomic E-state index is 0.460. The van der Waals surface area contributed by atoms with Crippen LogP contribution >= 0.6 is 0 Å². The van der Waals surface area contributed by atoms with Crippen LogP contribution in [-0.2, 0) is 0 Å². The second kappa shape index (κ2) is 3.63. The zero-order chi connectivity index (χ0) is 11.1. The Morgan fingerprint density at radius 3 is 3.19 bits per heavy atom. The van der Waals surface area contributed by atoms with Gasteiger partial charge >= 0.3 is 0 Å². The van der Waals surface area contributed by atoms with Crippen molar-refractivity contribution in [1.82, 2.24) is 9.88 Å². The maximum atomic E-state index is 5.79. The molecule has 3 rings (SSSR count). The zero-order valence-electron chi connectivity index (χ0n) is 9.81. The van der Waals surface area contributed by atoms with E-state index in [0.29, 0.717) is 6.04 Å². The van der Waals surface area contributed by atoms with Gasteiger partial charge in [-0.25, -0.2) is 4.98 Å². The first-order valence-corrected chi connectivity index (χ1v) is 5.78. The number of likely N-dealkylation sites (N-methyl/N-ethyl adjacent to an activating group) is 1. The van der Waals surface area contributed by atoms with Crippen molar-refractivity contribution in [3.8, 4) is 5.75 Å². The monoisotopic (exact) mass is 219 g/mol. The molecule has 4 nitrogen and oxygen atoms in total. The van der Waals surface area contributed by atoms with Crippen molar-refractivity contribution in [3.05, 3.63) is 17.8 Å². The molecule has 1 saturated heterocycles. The van der Waals surface area contributed by atoms with E-state index < -0.39 is 0 Å². The summed E-state index contributed by atoms with van der Waals surface area (Å²) in [6.45, 7) is 6.04. The number of anilines is 1. The summed E-state index contributed by atoms with van der Waals surface area (Å²) in [4.78, 5) is 9.25. The lowest BCUT2D eigenvalue weighted by Crippen LogP contribution is -2.56. The molecule has 1 aromatic rings. The maximum absolute atomic E-state index is 5.79. The van der Waals surface area contributed by atoms with Crippen LogP contribution < -0.4 is 9.64 Å². The number of hydrogen-bond acceptors (Lipinski definition) is 4. The Bertz CT molecular complexity index is 407. The van der Waals surface area contributed by atoms with Crippen LogP contribution in [0, 0.1) is 6.92 Å². The predicted molar refractivity (Wildman–Crippen MR) is 63.1 cm³/mol. The summed E-state index contributed by atoms with van der Waals surface area (Å²) in [5, 5.41) is 0. The topological polar surface area (TPSA) is 28.6 Å². The highest BCUT2D eigenvalue weighted by Gasteiger charge is 2.32. The van der Waals surface area contributed by atoms with Gasteiger partial charge in [0.25, 0.3) is 0 Å². The Kier molecular flexibility index (Phi) is 2.24. The fourth-order valence-electron chi connectivity index (χ4n) is 2.48. The molecule has 4 heteroatoms. The molecule has 0 N–H and O–H groups in total. The summed E-state index contributed by atoms with van der Waals surface area (Å²) in [7, 11) is 2.16. The first kappa shape index (κ1) is 9.90. The lowest BCUT2D eigenvalue weighted by atomic mass is 10.1. The van der Waals surface area contributed by atoms with Crippen LogP contribution in [0.3, 0.4) is 0 Å². The first-order chi connectivity index (χ1) is 7.74. The van der Waals surface area contributed by atoms with Crippen molar-refractivity contribution >= 4 is 5.82 Å². The van der Waals surface area contributed by atoms with Crippen molar-refractivity contribution in [2.45, 2.75) is 13.0 Å². The number of nitrogens with zero attached hydrogens (tertiary/aromatic N) is 3. The van der Waals surface area contributed by atoms with Gasteiger partial charge in [-0.3, -0.25) is 0 Å². The molecule has 86 valence electrons. The Balaban J connectivity index is 1.94.